The van der Waals surface area contributed by atoms with Gasteiger partial charge in [0.1, 0.15) is 6.07 Å². The predicted molar refractivity (Wildman–Crippen MR) is 85.9 cm³/mol. The fourth-order valence-electron chi connectivity index (χ4n) is 2.71. The van der Waals surface area contributed by atoms with Crippen LogP contribution in [0.4, 0.5) is 17.6 Å². The van der Waals surface area contributed by atoms with Gasteiger partial charge in [0.25, 0.3) is 5.82 Å². The summed E-state index contributed by atoms with van der Waals surface area (Å²) < 4.78 is 53.1. The molecule has 4 aromatic rings. The molecule has 136 valence electrons. The van der Waals surface area contributed by atoms with Gasteiger partial charge in [-0.3, -0.25) is 10.2 Å². The van der Waals surface area contributed by atoms with Crippen LogP contribution in [0.1, 0.15) is 11.4 Å². The van der Waals surface area contributed by atoms with Gasteiger partial charge in [-0.2, -0.15) is 23.5 Å². The molecule has 0 saturated heterocycles. The molecule has 0 atom stereocenters. The highest BCUT2D eigenvalue weighted by Gasteiger charge is 2.36. The van der Waals surface area contributed by atoms with Crippen LogP contribution in [-0.4, -0.2) is 30.4 Å². The number of rotatable bonds is 2. The first kappa shape index (κ1) is 17.0. The summed E-state index contributed by atoms with van der Waals surface area (Å²) in [5.41, 5.74) is 0.558. The summed E-state index contributed by atoms with van der Waals surface area (Å²) in [5.74, 6) is -2.54. The lowest BCUT2D eigenvalue weighted by Gasteiger charge is -2.01. The van der Waals surface area contributed by atoms with E-state index in [0.29, 0.717) is 5.56 Å². The van der Waals surface area contributed by atoms with Crippen molar-refractivity contribution in [1.82, 2.24) is 30.4 Å². The summed E-state index contributed by atoms with van der Waals surface area (Å²) in [6.45, 7) is 0. The topological polar surface area (TPSA) is 110 Å². The highest BCUT2D eigenvalue weighted by atomic mass is 35.5. The van der Waals surface area contributed by atoms with Crippen molar-refractivity contribution in [2.24, 2.45) is 0 Å². The Balaban J connectivity index is 2.06. The van der Waals surface area contributed by atoms with Crippen LogP contribution in [0.3, 0.4) is 0 Å². The van der Waals surface area contributed by atoms with E-state index in [1.165, 1.54) is 18.5 Å². The van der Waals surface area contributed by atoms with Crippen molar-refractivity contribution in [2.45, 2.75) is 6.18 Å². The normalized spacial score (nSPS) is 11.9. The van der Waals surface area contributed by atoms with Gasteiger partial charge in [-0.25, -0.2) is 9.37 Å². The van der Waals surface area contributed by atoms with E-state index in [2.05, 4.69) is 30.4 Å². The van der Waals surface area contributed by atoms with Crippen molar-refractivity contribution < 1.29 is 17.6 Å². The van der Waals surface area contributed by atoms with Gasteiger partial charge in [-0.1, -0.05) is 11.6 Å². The molecule has 0 aliphatic heterocycles. The Morgan fingerprint density at radius 3 is 2.63 bits per heavy atom. The number of halogens is 5. The van der Waals surface area contributed by atoms with Crippen LogP contribution >= 0.6 is 11.6 Å². The molecule has 7 nitrogen and oxygen atoms in total. The molecule has 27 heavy (non-hydrogen) atoms. The lowest BCUT2D eigenvalue weighted by Crippen LogP contribution is -2.07. The van der Waals surface area contributed by atoms with Gasteiger partial charge in [-0.15, -0.1) is 5.10 Å². The SMILES string of the molecule is N#Cc1cc2c(-c3cn[nH]c3)c(-c3nc(C(F)(F)F)n[nH]3)[nH]c2c(F)c1Cl. The molecule has 12 heteroatoms. The zero-order valence-electron chi connectivity index (χ0n) is 12.9. The van der Waals surface area contributed by atoms with Crippen LogP contribution in [0.5, 0.6) is 0 Å². The quantitative estimate of drug-likeness (QED) is 0.445. The number of fused-ring (bicyclic) bond motifs is 1. The second kappa shape index (κ2) is 5.82. The second-order valence-electron chi connectivity index (χ2n) is 5.45. The standard InChI is InChI=1S/C15H6ClF4N7/c16-9-5(2-21)1-7-8(6-3-22-23-4-6)12(24-11(7)10(9)17)13-25-14(27-26-13)15(18,19)20/h1,3-4,24H,(H,22,23)(H,25,26,27). The average Bonchev–Trinajstić information content (AvgIpc) is 3.35. The molecular weight excluding hydrogens is 390 g/mol. The highest BCUT2D eigenvalue weighted by Crippen LogP contribution is 2.40. The lowest BCUT2D eigenvalue weighted by atomic mass is 10.0. The third kappa shape index (κ3) is 2.61. The number of aromatic amines is 3. The van der Waals surface area contributed by atoms with Crippen molar-refractivity contribution in [3.63, 3.8) is 0 Å². The number of alkyl halides is 3. The maximum Gasteiger partial charge on any atom is 0.453 e. The molecule has 0 amide bonds. The third-order valence-electron chi connectivity index (χ3n) is 3.86. The van der Waals surface area contributed by atoms with Gasteiger partial charge in [0.2, 0.25) is 0 Å². The smallest absolute Gasteiger partial charge is 0.349 e. The number of nitrogens with zero attached hydrogens (tertiary/aromatic N) is 4. The summed E-state index contributed by atoms with van der Waals surface area (Å²) in [6.07, 6.45) is -1.89. The number of hydrogen-bond donors (Lipinski definition) is 3. The summed E-state index contributed by atoms with van der Waals surface area (Å²) in [5, 5.41) is 20.7. The fraction of sp³-hybridized carbons (Fsp3) is 0.0667. The predicted octanol–water partition coefficient (Wildman–Crippen LogP) is 4.03. The monoisotopic (exact) mass is 395 g/mol. The van der Waals surface area contributed by atoms with E-state index in [4.69, 9.17) is 16.9 Å². The number of aromatic nitrogens is 6. The van der Waals surface area contributed by atoms with Crippen molar-refractivity contribution in [1.29, 1.82) is 5.26 Å². The van der Waals surface area contributed by atoms with Crippen LogP contribution in [0.2, 0.25) is 5.02 Å². The number of benzene rings is 1. The Bertz CT molecular complexity index is 1200. The first-order chi connectivity index (χ1) is 12.8. The number of nitriles is 1. The van der Waals surface area contributed by atoms with Gasteiger partial charge in [-0.05, 0) is 6.07 Å². The molecule has 3 aromatic heterocycles. The summed E-state index contributed by atoms with van der Waals surface area (Å²) in [6, 6.07) is 3.12. The van der Waals surface area contributed by atoms with E-state index >= 15 is 0 Å². The first-order valence-electron chi connectivity index (χ1n) is 7.24. The van der Waals surface area contributed by atoms with E-state index in [0.717, 1.165) is 0 Å². The minimum absolute atomic E-state index is 0.0412. The number of nitrogens with one attached hydrogen (secondary N) is 3. The molecule has 0 aliphatic carbocycles. The Morgan fingerprint density at radius 1 is 1.26 bits per heavy atom. The largest absolute Gasteiger partial charge is 0.453 e. The van der Waals surface area contributed by atoms with Gasteiger partial charge >= 0.3 is 6.18 Å². The maximum absolute atomic E-state index is 14.6. The molecule has 0 spiro atoms. The molecule has 3 heterocycles. The Hall–Kier alpha value is -3.39. The van der Waals surface area contributed by atoms with Crippen LogP contribution in [0.15, 0.2) is 18.5 Å². The van der Waals surface area contributed by atoms with Crippen LogP contribution in [0.25, 0.3) is 33.5 Å². The molecule has 0 aliphatic rings. The molecule has 0 unspecified atom stereocenters. The molecule has 0 bridgehead atoms. The average molecular weight is 396 g/mol. The molecule has 4 rings (SSSR count). The van der Waals surface area contributed by atoms with Crippen molar-refractivity contribution in [3.8, 4) is 28.7 Å². The van der Waals surface area contributed by atoms with E-state index in [9.17, 15) is 17.6 Å². The van der Waals surface area contributed by atoms with Gasteiger partial charge in [0.15, 0.2) is 11.6 Å². The van der Waals surface area contributed by atoms with Crippen molar-refractivity contribution in [3.05, 3.63) is 40.7 Å². The van der Waals surface area contributed by atoms with Crippen molar-refractivity contribution >= 4 is 22.5 Å². The fourth-order valence-corrected chi connectivity index (χ4v) is 2.91. The minimum Gasteiger partial charge on any atom is -0.349 e. The van der Waals surface area contributed by atoms with Crippen molar-refractivity contribution in [2.75, 3.05) is 0 Å². The van der Waals surface area contributed by atoms with Crippen LogP contribution in [-0.2, 0) is 6.18 Å². The molecule has 0 fully saturated rings. The maximum atomic E-state index is 14.6. The Labute approximate surface area is 152 Å². The van der Waals surface area contributed by atoms with E-state index < -0.39 is 22.8 Å². The highest BCUT2D eigenvalue weighted by molar-refractivity contribution is 6.33. The summed E-state index contributed by atoms with van der Waals surface area (Å²) in [7, 11) is 0. The molecular formula is C15H6ClF4N7. The van der Waals surface area contributed by atoms with Gasteiger partial charge in [0, 0.05) is 22.7 Å². The van der Waals surface area contributed by atoms with Crippen LogP contribution in [0, 0.1) is 17.1 Å². The molecule has 1 aromatic carbocycles. The van der Waals surface area contributed by atoms with E-state index in [1.807, 2.05) is 0 Å². The molecule has 0 saturated carbocycles. The van der Waals surface area contributed by atoms with E-state index in [-0.39, 0.29) is 33.5 Å². The minimum atomic E-state index is -4.75. The number of hydrogen-bond acceptors (Lipinski definition) is 4. The van der Waals surface area contributed by atoms with Crippen LogP contribution < -0.4 is 0 Å². The number of H-pyrrole nitrogens is 3. The summed E-state index contributed by atoms with van der Waals surface area (Å²) in [4.78, 5) is 6.12. The molecule has 0 radical (unpaired) electrons. The summed E-state index contributed by atoms with van der Waals surface area (Å²) >= 11 is 5.85. The zero-order chi connectivity index (χ0) is 19.3. The zero-order valence-corrected chi connectivity index (χ0v) is 13.7. The van der Waals surface area contributed by atoms with E-state index in [1.54, 1.807) is 6.07 Å². The second-order valence-corrected chi connectivity index (χ2v) is 5.83. The Morgan fingerprint density at radius 2 is 2.04 bits per heavy atom. The van der Waals surface area contributed by atoms with Gasteiger partial charge < -0.3 is 4.98 Å². The van der Waals surface area contributed by atoms with Gasteiger partial charge in [0.05, 0.1) is 28.0 Å². The molecule has 3 N–H and O–H groups in total. The first-order valence-corrected chi connectivity index (χ1v) is 7.62. The third-order valence-corrected chi connectivity index (χ3v) is 4.23. The lowest BCUT2D eigenvalue weighted by molar-refractivity contribution is -0.144. The Kier molecular flexibility index (Phi) is 3.67.